The summed E-state index contributed by atoms with van der Waals surface area (Å²) in [6.07, 6.45) is 4.19. The van der Waals surface area contributed by atoms with E-state index in [4.69, 9.17) is 0 Å². The maximum atomic E-state index is 10.6. The van der Waals surface area contributed by atoms with Gasteiger partial charge in [0, 0.05) is 5.50 Å². The zero-order chi connectivity index (χ0) is 12.3. The summed E-state index contributed by atoms with van der Waals surface area (Å²) in [6, 6.07) is 0. The Morgan fingerprint density at radius 2 is 1.33 bits per heavy atom. The highest BCUT2D eigenvalue weighted by molar-refractivity contribution is 6.14. The topological polar surface area (TPSA) is 20.2 Å². The SMILES string of the molecule is BC(O)(CC(C)(CC)CC)C(C)(C)CC. The van der Waals surface area contributed by atoms with Gasteiger partial charge in [0.25, 0.3) is 0 Å². The van der Waals surface area contributed by atoms with Gasteiger partial charge in [0.15, 0.2) is 0 Å². The van der Waals surface area contributed by atoms with Crippen LogP contribution in [0.4, 0.5) is 0 Å². The van der Waals surface area contributed by atoms with Gasteiger partial charge in [-0.15, -0.1) is 0 Å². The summed E-state index contributed by atoms with van der Waals surface area (Å²) in [5.74, 6) is 0. The Morgan fingerprint density at radius 1 is 0.933 bits per heavy atom. The standard InChI is InChI=1S/C13H29BO/c1-7-11(4,5)13(14,15)10-12(6,8-2)9-3/h15H,7-10,14H2,1-6H3. The summed E-state index contributed by atoms with van der Waals surface area (Å²) >= 11 is 0. The third kappa shape index (κ3) is 3.51. The molecule has 1 atom stereocenters. The van der Waals surface area contributed by atoms with Gasteiger partial charge in [0.05, 0.1) is 0 Å². The third-order valence-electron chi connectivity index (χ3n) is 4.82. The monoisotopic (exact) mass is 212 g/mol. The molecule has 15 heavy (non-hydrogen) atoms. The van der Waals surface area contributed by atoms with Crippen molar-refractivity contribution in [2.75, 3.05) is 0 Å². The average molecular weight is 212 g/mol. The third-order valence-corrected chi connectivity index (χ3v) is 4.82. The number of rotatable bonds is 6. The second-order valence-corrected chi connectivity index (χ2v) is 6.21. The Balaban J connectivity index is 4.76. The summed E-state index contributed by atoms with van der Waals surface area (Å²) in [7, 11) is 2.00. The predicted molar refractivity (Wildman–Crippen MR) is 70.9 cm³/mol. The fourth-order valence-electron chi connectivity index (χ4n) is 1.95. The van der Waals surface area contributed by atoms with Crippen molar-refractivity contribution in [3.05, 3.63) is 0 Å². The molecule has 0 heterocycles. The molecular formula is C13H29BO. The van der Waals surface area contributed by atoms with Crippen molar-refractivity contribution in [1.82, 2.24) is 0 Å². The maximum absolute atomic E-state index is 10.6. The molecule has 0 rings (SSSR count). The minimum absolute atomic E-state index is 0.00139. The maximum Gasteiger partial charge on any atom is 0.143 e. The van der Waals surface area contributed by atoms with E-state index in [1.165, 1.54) is 0 Å². The molecule has 0 bridgehead atoms. The molecule has 0 aromatic rings. The fourth-order valence-corrected chi connectivity index (χ4v) is 1.95. The first-order chi connectivity index (χ1) is 6.64. The molecule has 0 aliphatic rings. The summed E-state index contributed by atoms with van der Waals surface area (Å²) in [6.45, 7) is 13.2. The second-order valence-electron chi connectivity index (χ2n) is 6.21. The first-order valence-corrected chi connectivity index (χ1v) is 6.36. The smallest absolute Gasteiger partial charge is 0.143 e. The number of hydrogen-bond acceptors (Lipinski definition) is 1. The van der Waals surface area contributed by atoms with Crippen molar-refractivity contribution in [3.63, 3.8) is 0 Å². The lowest BCUT2D eigenvalue weighted by Gasteiger charge is -2.45. The number of aliphatic hydroxyl groups is 1. The summed E-state index contributed by atoms with van der Waals surface area (Å²) in [5, 5.41) is 10.6. The highest BCUT2D eigenvalue weighted by Crippen LogP contribution is 2.42. The Labute approximate surface area is 97.1 Å². The van der Waals surface area contributed by atoms with Gasteiger partial charge in [0.1, 0.15) is 7.85 Å². The van der Waals surface area contributed by atoms with Crippen LogP contribution in [-0.2, 0) is 0 Å². The molecule has 1 N–H and O–H groups in total. The van der Waals surface area contributed by atoms with Crippen LogP contribution in [0.25, 0.3) is 0 Å². The first kappa shape index (κ1) is 15.0. The van der Waals surface area contributed by atoms with E-state index in [0.29, 0.717) is 0 Å². The molecule has 0 aromatic heterocycles. The average Bonchev–Trinajstić information content (AvgIpc) is 2.16. The molecule has 0 fully saturated rings. The van der Waals surface area contributed by atoms with Crippen LogP contribution in [-0.4, -0.2) is 18.5 Å². The molecule has 1 unspecified atom stereocenters. The predicted octanol–water partition coefficient (Wildman–Crippen LogP) is 2.96. The van der Waals surface area contributed by atoms with Gasteiger partial charge >= 0.3 is 0 Å². The molecule has 0 spiro atoms. The van der Waals surface area contributed by atoms with Gasteiger partial charge in [0.2, 0.25) is 0 Å². The van der Waals surface area contributed by atoms with Crippen molar-refractivity contribution < 1.29 is 5.11 Å². The molecule has 0 aromatic carbocycles. The highest BCUT2D eigenvalue weighted by Gasteiger charge is 2.41. The van der Waals surface area contributed by atoms with E-state index in [0.717, 1.165) is 25.7 Å². The van der Waals surface area contributed by atoms with E-state index < -0.39 is 5.50 Å². The summed E-state index contributed by atoms with van der Waals surface area (Å²) in [5.41, 5.74) is -0.295. The minimum atomic E-state index is -0.567. The normalized spacial score (nSPS) is 17.5. The zero-order valence-electron chi connectivity index (χ0n) is 11.8. The molecule has 0 saturated heterocycles. The van der Waals surface area contributed by atoms with Crippen LogP contribution >= 0.6 is 0 Å². The van der Waals surface area contributed by atoms with E-state index >= 15 is 0 Å². The zero-order valence-corrected chi connectivity index (χ0v) is 11.8. The fraction of sp³-hybridized carbons (Fsp3) is 1.00. The molecule has 0 aliphatic heterocycles. The molecule has 0 radical (unpaired) electrons. The Kier molecular flexibility index (Phi) is 4.91. The van der Waals surface area contributed by atoms with Gasteiger partial charge in [-0.1, -0.05) is 54.4 Å². The Bertz CT molecular complexity index is 193. The van der Waals surface area contributed by atoms with Crippen molar-refractivity contribution in [2.24, 2.45) is 10.8 Å². The lowest BCUT2D eigenvalue weighted by atomic mass is 9.55. The van der Waals surface area contributed by atoms with E-state index in [1.807, 2.05) is 7.85 Å². The van der Waals surface area contributed by atoms with Crippen LogP contribution in [0.1, 0.15) is 67.2 Å². The van der Waals surface area contributed by atoms with Crippen molar-refractivity contribution in [3.8, 4) is 0 Å². The van der Waals surface area contributed by atoms with Gasteiger partial charge in [-0.05, 0) is 23.7 Å². The van der Waals surface area contributed by atoms with Crippen molar-refractivity contribution in [2.45, 2.75) is 72.7 Å². The first-order valence-electron chi connectivity index (χ1n) is 6.36. The lowest BCUT2D eigenvalue weighted by molar-refractivity contribution is -0.0331. The molecule has 2 heteroatoms. The molecule has 0 amide bonds. The van der Waals surface area contributed by atoms with Crippen LogP contribution in [0.3, 0.4) is 0 Å². The van der Waals surface area contributed by atoms with Crippen LogP contribution in [0.2, 0.25) is 0 Å². The highest BCUT2D eigenvalue weighted by atomic mass is 16.3. The van der Waals surface area contributed by atoms with Gasteiger partial charge < -0.3 is 5.11 Å². The largest absolute Gasteiger partial charge is 0.398 e. The van der Waals surface area contributed by atoms with Crippen LogP contribution < -0.4 is 0 Å². The molecular weight excluding hydrogens is 183 g/mol. The molecule has 1 nitrogen and oxygen atoms in total. The van der Waals surface area contributed by atoms with E-state index in [2.05, 4.69) is 41.5 Å². The van der Waals surface area contributed by atoms with Gasteiger partial charge in [-0.2, -0.15) is 0 Å². The minimum Gasteiger partial charge on any atom is -0.398 e. The molecule has 0 aliphatic carbocycles. The summed E-state index contributed by atoms with van der Waals surface area (Å²) in [4.78, 5) is 0. The lowest BCUT2D eigenvalue weighted by Crippen LogP contribution is -2.48. The van der Waals surface area contributed by atoms with Crippen molar-refractivity contribution in [1.29, 1.82) is 0 Å². The summed E-state index contributed by atoms with van der Waals surface area (Å²) < 4.78 is 0. The van der Waals surface area contributed by atoms with E-state index in [9.17, 15) is 5.11 Å². The van der Waals surface area contributed by atoms with Gasteiger partial charge in [-0.3, -0.25) is 0 Å². The Hall–Kier alpha value is 0.0249. The van der Waals surface area contributed by atoms with E-state index in [-0.39, 0.29) is 10.8 Å². The molecule has 90 valence electrons. The second kappa shape index (κ2) is 4.90. The number of hydrogen-bond donors (Lipinski definition) is 1. The van der Waals surface area contributed by atoms with Crippen LogP contribution in [0, 0.1) is 10.8 Å². The van der Waals surface area contributed by atoms with Gasteiger partial charge in [-0.25, -0.2) is 0 Å². The van der Waals surface area contributed by atoms with Crippen LogP contribution in [0.15, 0.2) is 0 Å². The van der Waals surface area contributed by atoms with Crippen LogP contribution in [0.5, 0.6) is 0 Å². The van der Waals surface area contributed by atoms with Crippen molar-refractivity contribution >= 4 is 7.85 Å². The molecule has 0 saturated carbocycles. The Morgan fingerprint density at radius 3 is 1.60 bits per heavy atom. The van der Waals surface area contributed by atoms with E-state index in [1.54, 1.807) is 0 Å². The quantitative estimate of drug-likeness (QED) is 0.671.